The van der Waals surface area contributed by atoms with Crippen LogP contribution in [0.4, 0.5) is 0 Å². The molecule has 2 fully saturated rings. The van der Waals surface area contributed by atoms with Gasteiger partial charge in [0.2, 0.25) is 0 Å². The number of carbonyl (C=O) groups is 1. The number of fused-ring (bicyclic) bond motifs is 1. The summed E-state index contributed by atoms with van der Waals surface area (Å²) in [4.78, 5) is 11.5. The van der Waals surface area contributed by atoms with Crippen LogP contribution in [0, 0.1) is 0 Å². The average molecular weight is 215 g/mol. The summed E-state index contributed by atoms with van der Waals surface area (Å²) in [5.74, 6) is -0.782. The van der Waals surface area contributed by atoms with Gasteiger partial charge in [0.15, 0.2) is 11.9 Å². The van der Waals surface area contributed by atoms with E-state index in [2.05, 4.69) is 5.32 Å². The van der Waals surface area contributed by atoms with Gasteiger partial charge >= 0.3 is 0 Å². The van der Waals surface area contributed by atoms with Crippen LogP contribution in [0.1, 0.15) is 20.8 Å². The first-order valence-corrected chi connectivity index (χ1v) is 5.17. The highest BCUT2D eigenvalue weighted by Gasteiger charge is 2.55. The van der Waals surface area contributed by atoms with Gasteiger partial charge in [-0.2, -0.15) is 0 Å². The number of likely N-dealkylation sites (N-methyl/N-ethyl adjacent to an activating group) is 1. The maximum atomic E-state index is 11.5. The van der Waals surface area contributed by atoms with E-state index in [1.807, 2.05) is 20.8 Å². The Morgan fingerprint density at radius 2 is 1.87 bits per heavy atom. The molecule has 0 bridgehead atoms. The van der Waals surface area contributed by atoms with Gasteiger partial charge in [-0.05, 0) is 20.8 Å². The molecule has 2 aliphatic heterocycles. The normalized spacial score (nSPS) is 42.7. The number of rotatable bonds is 1. The fraction of sp³-hybridized carbons (Fsp3) is 0.900. The average Bonchev–Trinajstić information content (AvgIpc) is 2.61. The molecule has 5 nitrogen and oxygen atoms in total. The zero-order chi connectivity index (χ0) is 11.2. The minimum Gasteiger partial charge on any atom is -0.360 e. The van der Waals surface area contributed by atoms with E-state index in [1.165, 1.54) is 0 Å². The van der Waals surface area contributed by atoms with Gasteiger partial charge in [-0.3, -0.25) is 4.79 Å². The molecule has 2 aliphatic rings. The Kier molecular flexibility index (Phi) is 2.48. The summed E-state index contributed by atoms with van der Waals surface area (Å²) in [6, 6.07) is 0. The summed E-state index contributed by atoms with van der Waals surface area (Å²) in [5, 5.41) is 2.57. The van der Waals surface area contributed by atoms with E-state index in [9.17, 15) is 4.79 Å². The summed E-state index contributed by atoms with van der Waals surface area (Å²) < 4.78 is 16.9. The van der Waals surface area contributed by atoms with Crippen LogP contribution >= 0.6 is 0 Å². The number of nitrogens with one attached hydrogen (secondary N) is 1. The van der Waals surface area contributed by atoms with Crippen molar-refractivity contribution in [2.45, 2.75) is 51.0 Å². The third-order valence-electron chi connectivity index (χ3n) is 2.79. The van der Waals surface area contributed by atoms with E-state index in [-0.39, 0.29) is 24.2 Å². The first-order chi connectivity index (χ1) is 6.94. The van der Waals surface area contributed by atoms with Gasteiger partial charge in [0.25, 0.3) is 5.91 Å². The Morgan fingerprint density at radius 1 is 1.27 bits per heavy atom. The van der Waals surface area contributed by atoms with Crippen molar-refractivity contribution in [3.05, 3.63) is 0 Å². The molecule has 5 heteroatoms. The van der Waals surface area contributed by atoms with E-state index < -0.39 is 11.9 Å². The zero-order valence-electron chi connectivity index (χ0n) is 9.44. The van der Waals surface area contributed by atoms with Crippen molar-refractivity contribution < 1.29 is 19.0 Å². The topological polar surface area (TPSA) is 56.8 Å². The van der Waals surface area contributed by atoms with Gasteiger partial charge in [-0.15, -0.1) is 0 Å². The summed E-state index contributed by atoms with van der Waals surface area (Å²) in [7, 11) is 1.59. The van der Waals surface area contributed by atoms with Crippen LogP contribution < -0.4 is 5.32 Å². The van der Waals surface area contributed by atoms with Crippen molar-refractivity contribution in [2.24, 2.45) is 0 Å². The molecule has 1 N–H and O–H groups in total. The standard InChI is InChI=1S/C10H17NO4/c1-5-6-7(15-10(2,3)14-6)8(13-5)9(12)11-4/h5-8H,1-4H3,(H,11,12)/t5-,6?,7-,8-/m0/s1. The Labute approximate surface area is 89.1 Å². The third-order valence-corrected chi connectivity index (χ3v) is 2.79. The van der Waals surface area contributed by atoms with Gasteiger partial charge in [-0.25, -0.2) is 0 Å². The SMILES string of the molecule is CNC(=O)[C@H]1O[C@@H](C)C2OC(C)(C)O[C@@H]21. The highest BCUT2D eigenvalue weighted by atomic mass is 16.8. The van der Waals surface area contributed by atoms with Crippen LogP contribution in [-0.4, -0.2) is 43.2 Å². The lowest BCUT2D eigenvalue weighted by atomic mass is 10.1. The lowest BCUT2D eigenvalue weighted by molar-refractivity contribution is -0.187. The van der Waals surface area contributed by atoms with Crippen molar-refractivity contribution in [1.82, 2.24) is 5.32 Å². The minimum atomic E-state index is -0.625. The third kappa shape index (κ3) is 1.75. The molecule has 0 spiro atoms. The predicted molar refractivity (Wildman–Crippen MR) is 52.2 cm³/mol. The van der Waals surface area contributed by atoms with E-state index in [0.29, 0.717) is 0 Å². The van der Waals surface area contributed by atoms with Crippen LogP contribution in [0.2, 0.25) is 0 Å². The number of ether oxygens (including phenoxy) is 3. The first kappa shape index (κ1) is 10.9. The molecule has 86 valence electrons. The van der Waals surface area contributed by atoms with Crippen molar-refractivity contribution in [3.63, 3.8) is 0 Å². The number of hydrogen-bond donors (Lipinski definition) is 1. The van der Waals surface area contributed by atoms with Crippen LogP contribution in [-0.2, 0) is 19.0 Å². The Hall–Kier alpha value is -0.650. The molecule has 1 unspecified atom stereocenters. The lowest BCUT2D eigenvalue weighted by Crippen LogP contribution is -2.41. The van der Waals surface area contributed by atoms with Gasteiger partial charge < -0.3 is 19.5 Å². The summed E-state index contributed by atoms with van der Waals surface area (Å²) in [6.45, 7) is 5.59. The van der Waals surface area contributed by atoms with Gasteiger partial charge in [0.1, 0.15) is 12.2 Å². The minimum absolute atomic E-state index is 0.112. The monoisotopic (exact) mass is 215 g/mol. The van der Waals surface area contributed by atoms with E-state index in [0.717, 1.165) is 0 Å². The Bertz CT molecular complexity index is 279. The van der Waals surface area contributed by atoms with Crippen molar-refractivity contribution in [3.8, 4) is 0 Å². The molecule has 2 saturated heterocycles. The van der Waals surface area contributed by atoms with E-state index in [4.69, 9.17) is 14.2 Å². The fourth-order valence-electron chi connectivity index (χ4n) is 2.15. The second-order valence-electron chi connectivity index (χ2n) is 4.44. The maximum absolute atomic E-state index is 11.5. The second-order valence-corrected chi connectivity index (χ2v) is 4.44. The Balaban J connectivity index is 2.16. The van der Waals surface area contributed by atoms with Crippen LogP contribution in [0.25, 0.3) is 0 Å². The summed E-state index contributed by atoms with van der Waals surface area (Å²) in [5.41, 5.74) is 0. The molecule has 2 heterocycles. The van der Waals surface area contributed by atoms with Gasteiger partial charge in [-0.1, -0.05) is 0 Å². The quantitative estimate of drug-likeness (QED) is 0.671. The summed E-state index contributed by atoms with van der Waals surface area (Å²) >= 11 is 0. The smallest absolute Gasteiger partial charge is 0.251 e. The number of carbonyl (C=O) groups excluding carboxylic acids is 1. The maximum Gasteiger partial charge on any atom is 0.251 e. The molecule has 1 amide bonds. The molecule has 0 aromatic rings. The molecule has 4 atom stereocenters. The molecule has 15 heavy (non-hydrogen) atoms. The van der Waals surface area contributed by atoms with E-state index in [1.54, 1.807) is 7.05 Å². The Morgan fingerprint density at radius 3 is 2.47 bits per heavy atom. The number of hydrogen-bond acceptors (Lipinski definition) is 4. The van der Waals surface area contributed by atoms with Crippen molar-refractivity contribution in [2.75, 3.05) is 7.05 Å². The largest absolute Gasteiger partial charge is 0.360 e. The van der Waals surface area contributed by atoms with Crippen LogP contribution in [0.3, 0.4) is 0 Å². The van der Waals surface area contributed by atoms with Crippen LogP contribution in [0.15, 0.2) is 0 Å². The van der Waals surface area contributed by atoms with Gasteiger partial charge in [0.05, 0.1) is 6.10 Å². The molecule has 0 saturated carbocycles. The van der Waals surface area contributed by atoms with Crippen molar-refractivity contribution in [1.29, 1.82) is 0 Å². The molecule has 0 aromatic heterocycles. The fourth-order valence-corrected chi connectivity index (χ4v) is 2.15. The van der Waals surface area contributed by atoms with Gasteiger partial charge in [0, 0.05) is 7.05 Å². The van der Waals surface area contributed by atoms with E-state index >= 15 is 0 Å². The molecule has 0 aliphatic carbocycles. The number of amides is 1. The molecular formula is C10H17NO4. The van der Waals surface area contributed by atoms with Crippen LogP contribution in [0.5, 0.6) is 0 Å². The molecular weight excluding hydrogens is 198 g/mol. The second kappa shape index (κ2) is 3.43. The molecule has 2 rings (SSSR count). The predicted octanol–water partition coefficient (Wildman–Crippen LogP) is 0.0398. The molecule has 0 radical (unpaired) electrons. The summed E-state index contributed by atoms with van der Waals surface area (Å²) in [6.07, 6.45) is -1.12. The highest BCUT2D eigenvalue weighted by Crippen LogP contribution is 2.38. The zero-order valence-corrected chi connectivity index (χ0v) is 9.44. The first-order valence-electron chi connectivity index (χ1n) is 5.17. The highest BCUT2D eigenvalue weighted by molar-refractivity contribution is 5.81. The lowest BCUT2D eigenvalue weighted by Gasteiger charge is -2.22. The van der Waals surface area contributed by atoms with Crippen molar-refractivity contribution >= 4 is 5.91 Å². The molecule has 0 aromatic carbocycles.